The van der Waals surface area contributed by atoms with Crippen LogP contribution in [0.5, 0.6) is 0 Å². The van der Waals surface area contributed by atoms with Gasteiger partial charge in [-0.25, -0.2) is 0 Å². The van der Waals surface area contributed by atoms with Crippen molar-refractivity contribution in [3.63, 3.8) is 0 Å². The van der Waals surface area contributed by atoms with Crippen LogP contribution in [0, 0.1) is 6.92 Å². The number of aromatic nitrogens is 1. The van der Waals surface area contributed by atoms with Crippen molar-refractivity contribution in [1.82, 2.24) is 10.3 Å². The van der Waals surface area contributed by atoms with Gasteiger partial charge in [0, 0.05) is 25.5 Å². The maximum absolute atomic E-state index is 11.9. The number of pyridine rings is 1. The normalized spacial score (nSPS) is 23.0. The second-order valence-corrected chi connectivity index (χ2v) is 4.58. The number of nitrogens with two attached hydrogens (primary N) is 1. The summed E-state index contributed by atoms with van der Waals surface area (Å²) in [7, 11) is 0. The first-order valence-corrected chi connectivity index (χ1v) is 6.23. The maximum Gasteiger partial charge on any atom is 0.249 e. The zero-order chi connectivity index (χ0) is 13.0. The molecule has 1 fully saturated rings. The topological polar surface area (TPSA) is 77.2 Å². The molecule has 1 aliphatic heterocycles. The molecule has 18 heavy (non-hydrogen) atoms. The minimum Gasteiger partial charge on any atom is -0.364 e. The van der Waals surface area contributed by atoms with Gasteiger partial charge in [0.25, 0.3) is 0 Å². The van der Waals surface area contributed by atoms with Gasteiger partial charge < -0.3 is 15.8 Å². The lowest BCUT2D eigenvalue weighted by Gasteiger charge is -2.13. The van der Waals surface area contributed by atoms with Crippen molar-refractivity contribution < 1.29 is 9.53 Å². The van der Waals surface area contributed by atoms with Crippen LogP contribution in [0.15, 0.2) is 18.5 Å². The molecular weight excluding hydrogens is 230 g/mol. The summed E-state index contributed by atoms with van der Waals surface area (Å²) in [5.41, 5.74) is 7.67. The summed E-state index contributed by atoms with van der Waals surface area (Å²) >= 11 is 0. The maximum atomic E-state index is 11.9. The van der Waals surface area contributed by atoms with E-state index in [2.05, 4.69) is 10.3 Å². The summed E-state index contributed by atoms with van der Waals surface area (Å²) in [6.07, 6.45) is 4.82. The van der Waals surface area contributed by atoms with Crippen molar-refractivity contribution in [3.8, 4) is 0 Å². The first-order chi connectivity index (χ1) is 8.70. The number of nitrogens with zero attached hydrogens (tertiary/aromatic N) is 1. The van der Waals surface area contributed by atoms with Crippen molar-refractivity contribution >= 4 is 5.91 Å². The molecule has 3 N–H and O–H groups in total. The van der Waals surface area contributed by atoms with Gasteiger partial charge in [0.05, 0.1) is 6.10 Å². The summed E-state index contributed by atoms with van der Waals surface area (Å²) in [6.45, 7) is 2.97. The second-order valence-electron chi connectivity index (χ2n) is 4.58. The van der Waals surface area contributed by atoms with Gasteiger partial charge in [-0.05, 0) is 37.0 Å². The molecule has 0 saturated carbocycles. The zero-order valence-corrected chi connectivity index (χ0v) is 10.6. The van der Waals surface area contributed by atoms with E-state index < -0.39 is 0 Å². The summed E-state index contributed by atoms with van der Waals surface area (Å²) in [5, 5.41) is 2.89. The summed E-state index contributed by atoms with van der Waals surface area (Å²) in [5.74, 6) is -0.0536. The Morgan fingerprint density at radius 3 is 3.11 bits per heavy atom. The minimum absolute atomic E-state index is 0.0309. The molecule has 1 aromatic rings. The number of ether oxygens (including phenoxy) is 1. The molecule has 5 heteroatoms. The molecular formula is C13H19N3O2. The molecule has 5 nitrogen and oxygen atoms in total. The average Bonchev–Trinajstić information content (AvgIpc) is 2.86. The molecule has 1 aromatic heterocycles. The Morgan fingerprint density at radius 2 is 2.44 bits per heavy atom. The Hall–Kier alpha value is -1.46. The molecule has 2 rings (SSSR count). The molecule has 2 heterocycles. The molecule has 2 atom stereocenters. The predicted octanol–water partition coefficient (Wildman–Crippen LogP) is 0.513. The van der Waals surface area contributed by atoms with E-state index in [1.165, 1.54) is 0 Å². The third-order valence-corrected chi connectivity index (χ3v) is 3.25. The van der Waals surface area contributed by atoms with Crippen molar-refractivity contribution in [2.75, 3.05) is 6.54 Å². The van der Waals surface area contributed by atoms with Gasteiger partial charge in [-0.3, -0.25) is 9.78 Å². The van der Waals surface area contributed by atoms with Crippen LogP contribution in [0.3, 0.4) is 0 Å². The van der Waals surface area contributed by atoms with E-state index in [1.807, 2.05) is 13.0 Å². The molecule has 0 spiro atoms. The Balaban J connectivity index is 1.84. The van der Waals surface area contributed by atoms with E-state index >= 15 is 0 Å². The number of carbonyl (C=O) groups is 1. The first kappa shape index (κ1) is 13.0. The lowest BCUT2D eigenvalue weighted by molar-refractivity contribution is -0.132. The first-order valence-electron chi connectivity index (χ1n) is 6.23. The van der Waals surface area contributed by atoms with Crippen molar-refractivity contribution in [2.45, 2.75) is 38.5 Å². The lowest BCUT2D eigenvalue weighted by Crippen LogP contribution is -2.35. The van der Waals surface area contributed by atoms with Gasteiger partial charge in [-0.2, -0.15) is 0 Å². The van der Waals surface area contributed by atoms with E-state index in [1.54, 1.807) is 12.4 Å². The van der Waals surface area contributed by atoms with Crippen molar-refractivity contribution in [2.24, 2.45) is 5.73 Å². The zero-order valence-electron chi connectivity index (χ0n) is 10.6. The van der Waals surface area contributed by atoms with Gasteiger partial charge in [-0.1, -0.05) is 0 Å². The van der Waals surface area contributed by atoms with E-state index in [0.717, 1.165) is 24.0 Å². The van der Waals surface area contributed by atoms with Crippen molar-refractivity contribution in [1.29, 1.82) is 0 Å². The van der Waals surface area contributed by atoms with E-state index in [9.17, 15) is 4.79 Å². The van der Waals surface area contributed by atoms with Gasteiger partial charge in [0.1, 0.15) is 6.10 Å². The van der Waals surface area contributed by atoms with Gasteiger partial charge in [-0.15, -0.1) is 0 Å². The number of rotatable bonds is 4. The fraction of sp³-hybridized carbons (Fsp3) is 0.538. The summed E-state index contributed by atoms with van der Waals surface area (Å²) < 4.78 is 5.54. The summed E-state index contributed by atoms with van der Waals surface area (Å²) in [4.78, 5) is 15.9. The lowest BCUT2D eigenvalue weighted by atomic mass is 10.1. The van der Waals surface area contributed by atoms with Gasteiger partial charge in [0.2, 0.25) is 5.91 Å². The van der Waals surface area contributed by atoms with Gasteiger partial charge >= 0.3 is 0 Å². The second kappa shape index (κ2) is 5.93. The van der Waals surface area contributed by atoms with Crippen LogP contribution in [-0.4, -0.2) is 29.6 Å². The average molecular weight is 249 g/mol. The number of hydrogen-bond acceptors (Lipinski definition) is 4. The molecule has 2 unspecified atom stereocenters. The van der Waals surface area contributed by atoms with Crippen LogP contribution in [0.4, 0.5) is 0 Å². The minimum atomic E-state index is -0.347. The smallest absolute Gasteiger partial charge is 0.249 e. The summed E-state index contributed by atoms with van der Waals surface area (Å²) in [6, 6.07) is 1.91. The molecule has 0 bridgehead atoms. The third-order valence-electron chi connectivity index (χ3n) is 3.25. The molecule has 1 aliphatic rings. The van der Waals surface area contributed by atoms with Crippen LogP contribution in [0.25, 0.3) is 0 Å². The van der Waals surface area contributed by atoms with Crippen molar-refractivity contribution in [3.05, 3.63) is 29.6 Å². The van der Waals surface area contributed by atoms with Crippen LogP contribution >= 0.6 is 0 Å². The van der Waals surface area contributed by atoms with Crippen LogP contribution < -0.4 is 11.1 Å². The Bertz CT molecular complexity index is 422. The molecule has 0 aromatic carbocycles. The predicted molar refractivity (Wildman–Crippen MR) is 67.8 cm³/mol. The molecule has 0 aliphatic carbocycles. The largest absolute Gasteiger partial charge is 0.364 e. The SMILES string of the molecule is Cc1cnccc1CNC(=O)C1CCC(CN)O1. The number of amides is 1. The Kier molecular flexibility index (Phi) is 4.28. The van der Waals surface area contributed by atoms with Crippen LogP contribution in [0.2, 0.25) is 0 Å². The van der Waals surface area contributed by atoms with E-state index in [-0.39, 0.29) is 18.1 Å². The number of carbonyl (C=O) groups excluding carboxylic acids is 1. The molecule has 1 amide bonds. The highest BCUT2D eigenvalue weighted by Crippen LogP contribution is 2.19. The third kappa shape index (κ3) is 3.05. The molecule has 0 radical (unpaired) electrons. The standard InChI is InChI=1S/C13H19N3O2/c1-9-7-15-5-4-10(9)8-16-13(17)12-3-2-11(6-14)18-12/h4-5,7,11-12H,2-3,6,8,14H2,1H3,(H,16,17). The number of aryl methyl sites for hydroxylation is 1. The highest BCUT2D eigenvalue weighted by molar-refractivity contribution is 5.81. The Morgan fingerprint density at radius 1 is 1.61 bits per heavy atom. The fourth-order valence-electron chi connectivity index (χ4n) is 2.07. The quantitative estimate of drug-likeness (QED) is 0.815. The fourth-order valence-corrected chi connectivity index (χ4v) is 2.07. The monoisotopic (exact) mass is 249 g/mol. The van der Waals surface area contributed by atoms with E-state index in [4.69, 9.17) is 10.5 Å². The van der Waals surface area contributed by atoms with Gasteiger partial charge in [0.15, 0.2) is 0 Å². The van der Waals surface area contributed by atoms with E-state index in [0.29, 0.717) is 13.1 Å². The highest BCUT2D eigenvalue weighted by atomic mass is 16.5. The Labute approximate surface area is 107 Å². The number of hydrogen-bond donors (Lipinski definition) is 2. The van der Waals surface area contributed by atoms with Crippen LogP contribution in [0.1, 0.15) is 24.0 Å². The highest BCUT2D eigenvalue weighted by Gasteiger charge is 2.29. The number of nitrogens with one attached hydrogen (secondary N) is 1. The van der Waals surface area contributed by atoms with Crippen LogP contribution in [-0.2, 0) is 16.1 Å². The molecule has 1 saturated heterocycles. The molecule has 98 valence electrons.